The number of rotatable bonds is 35. The van der Waals surface area contributed by atoms with Gasteiger partial charge in [0.05, 0.1) is 0 Å². The summed E-state index contributed by atoms with van der Waals surface area (Å²) in [4.78, 5) is 24.1. The van der Waals surface area contributed by atoms with Gasteiger partial charge in [-0.3, -0.25) is 9.59 Å². The van der Waals surface area contributed by atoms with Crippen LogP contribution in [0.15, 0.2) is 24.3 Å². The molecule has 0 bridgehead atoms. The summed E-state index contributed by atoms with van der Waals surface area (Å²) >= 11 is 0. The fourth-order valence-electron chi connectivity index (χ4n) is 5.60. The van der Waals surface area contributed by atoms with Crippen molar-refractivity contribution in [2.75, 3.05) is 13.1 Å². The van der Waals surface area contributed by atoms with E-state index in [0.717, 1.165) is 25.9 Å². The fourth-order valence-corrected chi connectivity index (χ4v) is 5.60. The molecule has 44 heavy (non-hydrogen) atoms. The van der Waals surface area contributed by atoms with Gasteiger partial charge in [-0.25, -0.2) is 0 Å². The van der Waals surface area contributed by atoms with Gasteiger partial charge in [-0.05, 0) is 64.2 Å². The minimum absolute atomic E-state index is 0.00477. The van der Waals surface area contributed by atoms with E-state index in [1.165, 1.54) is 167 Å². The van der Waals surface area contributed by atoms with Crippen LogP contribution in [0, 0.1) is 0 Å². The highest BCUT2D eigenvalue weighted by Crippen LogP contribution is 2.11. The van der Waals surface area contributed by atoms with E-state index >= 15 is 0 Å². The van der Waals surface area contributed by atoms with Crippen molar-refractivity contribution >= 4 is 11.8 Å². The lowest BCUT2D eigenvalue weighted by atomic mass is 10.1. The summed E-state index contributed by atoms with van der Waals surface area (Å²) in [5.74, 6) is 0.00954. The molecule has 0 aliphatic carbocycles. The van der Waals surface area contributed by atoms with Crippen molar-refractivity contribution in [1.82, 2.24) is 10.6 Å². The summed E-state index contributed by atoms with van der Waals surface area (Å²) in [6.45, 7) is 6.01. The summed E-state index contributed by atoms with van der Waals surface area (Å²) in [7, 11) is 0. The third-order valence-corrected chi connectivity index (χ3v) is 8.60. The molecule has 0 unspecified atom stereocenters. The first kappa shape index (κ1) is 42.4. The number of hydrogen-bond acceptors (Lipinski definition) is 2. The zero-order chi connectivity index (χ0) is 32.0. The quantitative estimate of drug-likeness (QED) is 0.0549. The Labute approximate surface area is 275 Å². The molecule has 0 aromatic carbocycles. The summed E-state index contributed by atoms with van der Waals surface area (Å²) < 4.78 is 0. The van der Waals surface area contributed by atoms with E-state index in [9.17, 15) is 9.59 Å². The Kier molecular flexibility index (Phi) is 36.3. The van der Waals surface area contributed by atoms with Gasteiger partial charge in [0.1, 0.15) is 0 Å². The minimum Gasteiger partial charge on any atom is -0.356 e. The average Bonchev–Trinajstić information content (AvgIpc) is 3.03. The number of amides is 2. The second-order valence-corrected chi connectivity index (χ2v) is 13.1. The van der Waals surface area contributed by atoms with E-state index in [-0.39, 0.29) is 11.8 Å². The molecule has 0 heterocycles. The summed E-state index contributed by atoms with van der Waals surface area (Å²) in [5.41, 5.74) is 0. The maximum atomic E-state index is 12.0. The van der Waals surface area contributed by atoms with Gasteiger partial charge in [0, 0.05) is 25.9 Å². The van der Waals surface area contributed by atoms with Crippen molar-refractivity contribution in [1.29, 1.82) is 0 Å². The predicted molar refractivity (Wildman–Crippen MR) is 194 cm³/mol. The number of unbranched alkanes of at least 4 members (excludes halogenated alkanes) is 24. The Morgan fingerprint density at radius 3 is 0.909 bits per heavy atom. The van der Waals surface area contributed by atoms with E-state index in [2.05, 4.69) is 48.8 Å². The van der Waals surface area contributed by atoms with Crippen molar-refractivity contribution in [3.8, 4) is 0 Å². The lowest BCUT2D eigenvalue weighted by molar-refractivity contribution is -0.126. The molecular weight excluding hydrogens is 540 g/mol. The van der Waals surface area contributed by atoms with Crippen molar-refractivity contribution in [3.05, 3.63) is 24.3 Å². The topological polar surface area (TPSA) is 58.2 Å². The molecule has 0 spiro atoms. The molecule has 0 aliphatic heterocycles. The molecule has 0 saturated heterocycles. The normalized spacial score (nSPS) is 11.6. The molecule has 0 aliphatic rings. The van der Waals surface area contributed by atoms with Gasteiger partial charge in [0.2, 0.25) is 11.8 Å². The molecule has 0 radical (unpaired) electrons. The lowest BCUT2D eigenvalue weighted by Crippen LogP contribution is -2.28. The van der Waals surface area contributed by atoms with E-state index in [0.29, 0.717) is 12.8 Å². The zero-order valence-corrected chi connectivity index (χ0v) is 29.8. The SMILES string of the molecule is CCCCCCCCC=CCCCCCCCCNC(=O)CCC(=O)NCCCCCCCCC=CCCCCCCCC. The van der Waals surface area contributed by atoms with Crippen LogP contribution >= 0.6 is 0 Å². The van der Waals surface area contributed by atoms with Crippen LogP contribution in [0.1, 0.15) is 206 Å². The number of carbonyl (C=O) groups excluding carboxylic acids is 2. The van der Waals surface area contributed by atoms with Crippen molar-refractivity contribution < 1.29 is 9.59 Å². The van der Waals surface area contributed by atoms with Gasteiger partial charge in [0.15, 0.2) is 0 Å². The maximum absolute atomic E-state index is 12.0. The Bertz CT molecular complexity index is 602. The molecular formula is C40H76N2O2. The number of hydrogen-bond donors (Lipinski definition) is 2. The molecule has 0 rings (SSSR count). The minimum atomic E-state index is 0.00477. The highest BCUT2D eigenvalue weighted by atomic mass is 16.2. The molecule has 2 amide bonds. The van der Waals surface area contributed by atoms with Gasteiger partial charge in [-0.1, -0.05) is 154 Å². The largest absolute Gasteiger partial charge is 0.356 e. The number of carbonyl (C=O) groups is 2. The van der Waals surface area contributed by atoms with E-state index in [1.807, 2.05) is 0 Å². The monoisotopic (exact) mass is 617 g/mol. The lowest BCUT2D eigenvalue weighted by Gasteiger charge is -2.07. The van der Waals surface area contributed by atoms with Gasteiger partial charge >= 0.3 is 0 Å². The van der Waals surface area contributed by atoms with Crippen LogP contribution in [0.25, 0.3) is 0 Å². The Morgan fingerprint density at radius 2 is 0.614 bits per heavy atom. The summed E-state index contributed by atoms with van der Waals surface area (Å²) in [6, 6.07) is 0. The van der Waals surface area contributed by atoms with Crippen LogP contribution < -0.4 is 10.6 Å². The van der Waals surface area contributed by atoms with Crippen LogP contribution in [0.5, 0.6) is 0 Å². The molecule has 0 fully saturated rings. The van der Waals surface area contributed by atoms with Crippen LogP contribution in [0.4, 0.5) is 0 Å². The van der Waals surface area contributed by atoms with Crippen LogP contribution in [-0.4, -0.2) is 24.9 Å². The molecule has 258 valence electrons. The molecule has 4 nitrogen and oxygen atoms in total. The second kappa shape index (κ2) is 37.6. The Balaban J connectivity index is 3.33. The van der Waals surface area contributed by atoms with Crippen LogP contribution in [0.2, 0.25) is 0 Å². The van der Waals surface area contributed by atoms with E-state index in [4.69, 9.17) is 0 Å². The fraction of sp³-hybridized carbons (Fsp3) is 0.850. The predicted octanol–water partition coefficient (Wildman–Crippen LogP) is 12.1. The summed E-state index contributed by atoms with van der Waals surface area (Å²) in [5, 5.41) is 5.96. The van der Waals surface area contributed by atoms with E-state index in [1.54, 1.807) is 0 Å². The van der Waals surface area contributed by atoms with Gasteiger partial charge in [0.25, 0.3) is 0 Å². The Hall–Kier alpha value is -1.58. The summed E-state index contributed by atoms with van der Waals surface area (Å²) in [6.07, 6.45) is 46.3. The number of nitrogens with one attached hydrogen (secondary N) is 2. The average molecular weight is 617 g/mol. The van der Waals surface area contributed by atoms with Crippen molar-refractivity contribution in [3.63, 3.8) is 0 Å². The first-order valence-corrected chi connectivity index (χ1v) is 19.5. The molecule has 2 N–H and O–H groups in total. The van der Waals surface area contributed by atoms with Crippen molar-refractivity contribution in [2.45, 2.75) is 206 Å². The maximum Gasteiger partial charge on any atom is 0.220 e. The van der Waals surface area contributed by atoms with Crippen LogP contribution in [-0.2, 0) is 9.59 Å². The standard InChI is InChI=1S/C40H76N2O2/c1-3-5-7-9-11-13-15-17-19-21-23-25-27-29-31-33-37-41-39(43)35-36-40(44)42-38-34-32-30-28-26-24-22-20-18-16-14-12-10-8-6-4-2/h17-20H,3-16,21-38H2,1-2H3,(H,41,43)(H,42,44). The first-order valence-electron chi connectivity index (χ1n) is 19.5. The molecule has 0 aromatic heterocycles. The van der Waals surface area contributed by atoms with Crippen LogP contribution in [0.3, 0.4) is 0 Å². The molecule has 0 aromatic rings. The highest BCUT2D eigenvalue weighted by molar-refractivity contribution is 5.83. The van der Waals surface area contributed by atoms with E-state index < -0.39 is 0 Å². The second-order valence-electron chi connectivity index (χ2n) is 13.1. The van der Waals surface area contributed by atoms with Gasteiger partial charge in [-0.2, -0.15) is 0 Å². The smallest absolute Gasteiger partial charge is 0.220 e. The third-order valence-electron chi connectivity index (χ3n) is 8.60. The Morgan fingerprint density at radius 1 is 0.364 bits per heavy atom. The number of allylic oxidation sites excluding steroid dienone is 4. The molecule has 0 saturated carbocycles. The van der Waals surface area contributed by atoms with Crippen molar-refractivity contribution in [2.24, 2.45) is 0 Å². The van der Waals surface area contributed by atoms with Gasteiger partial charge < -0.3 is 10.6 Å². The first-order chi connectivity index (χ1) is 21.7. The highest BCUT2D eigenvalue weighted by Gasteiger charge is 2.06. The molecule has 0 atom stereocenters. The van der Waals surface area contributed by atoms with Gasteiger partial charge in [-0.15, -0.1) is 0 Å². The third kappa shape index (κ3) is 36.6. The zero-order valence-electron chi connectivity index (χ0n) is 29.8. The molecule has 4 heteroatoms.